The van der Waals surface area contributed by atoms with E-state index in [1.807, 2.05) is 11.0 Å². The summed E-state index contributed by atoms with van der Waals surface area (Å²) in [5.74, 6) is 1.26. The van der Waals surface area contributed by atoms with Gasteiger partial charge in [-0.2, -0.15) is 0 Å². The molecule has 1 amide bonds. The number of nitrogens with two attached hydrogens (primary N) is 1. The van der Waals surface area contributed by atoms with Crippen molar-refractivity contribution >= 4 is 11.6 Å². The minimum absolute atomic E-state index is 0.230. The lowest BCUT2D eigenvalue weighted by Gasteiger charge is -2.17. The summed E-state index contributed by atoms with van der Waals surface area (Å²) in [7, 11) is 0. The van der Waals surface area contributed by atoms with Crippen LogP contribution in [0, 0.1) is 11.8 Å². The average molecular weight is 233 g/mol. The van der Waals surface area contributed by atoms with Crippen molar-refractivity contribution < 1.29 is 4.79 Å². The Labute approximate surface area is 102 Å². The number of hydrogen-bond acceptors (Lipinski definition) is 3. The molecule has 0 aromatic carbocycles. The lowest BCUT2D eigenvalue weighted by atomic mass is 9.95. The van der Waals surface area contributed by atoms with Crippen molar-refractivity contribution in [3.63, 3.8) is 0 Å². The fourth-order valence-corrected chi connectivity index (χ4v) is 2.18. The third-order valence-electron chi connectivity index (χ3n) is 3.38. The van der Waals surface area contributed by atoms with E-state index in [0.29, 0.717) is 30.5 Å². The Morgan fingerprint density at radius 3 is 2.94 bits per heavy atom. The Hall–Kier alpha value is -1.58. The molecule has 0 aliphatic carbocycles. The van der Waals surface area contributed by atoms with Crippen molar-refractivity contribution in [2.45, 2.75) is 26.8 Å². The molecule has 4 nitrogen and oxygen atoms in total. The molecule has 2 heterocycles. The number of nitrogen functional groups attached to an aromatic ring is 1. The van der Waals surface area contributed by atoms with Crippen molar-refractivity contribution in [3.05, 3.63) is 24.0 Å². The van der Waals surface area contributed by atoms with Crippen molar-refractivity contribution in [2.75, 3.05) is 12.3 Å². The molecule has 2 rings (SSSR count). The van der Waals surface area contributed by atoms with Crippen LogP contribution in [0.1, 0.15) is 26.0 Å². The normalized spacial score (nSPS) is 20.3. The Morgan fingerprint density at radius 1 is 1.59 bits per heavy atom. The largest absolute Gasteiger partial charge is 0.399 e. The molecule has 0 bridgehead atoms. The van der Waals surface area contributed by atoms with Crippen molar-refractivity contribution in [3.8, 4) is 0 Å². The number of hydrogen-bond donors (Lipinski definition) is 1. The summed E-state index contributed by atoms with van der Waals surface area (Å²) >= 11 is 0. The van der Waals surface area contributed by atoms with E-state index < -0.39 is 0 Å². The molecule has 1 aliphatic heterocycles. The monoisotopic (exact) mass is 233 g/mol. The molecule has 92 valence electrons. The van der Waals surface area contributed by atoms with E-state index in [0.717, 1.165) is 12.2 Å². The molecule has 1 saturated heterocycles. The highest BCUT2D eigenvalue weighted by Crippen LogP contribution is 2.25. The van der Waals surface area contributed by atoms with Crippen LogP contribution >= 0.6 is 0 Å². The molecule has 4 heteroatoms. The van der Waals surface area contributed by atoms with Gasteiger partial charge < -0.3 is 10.6 Å². The van der Waals surface area contributed by atoms with Crippen molar-refractivity contribution in [2.24, 2.45) is 11.8 Å². The molecule has 1 fully saturated rings. The highest BCUT2D eigenvalue weighted by atomic mass is 16.2. The van der Waals surface area contributed by atoms with Gasteiger partial charge in [0.1, 0.15) is 0 Å². The van der Waals surface area contributed by atoms with Crippen LogP contribution in [0.2, 0.25) is 0 Å². The molecule has 0 saturated carbocycles. The van der Waals surface area contributed by atoms with E-state index in [4.69, 9.17) is 5.73 Å². The van der Waals surface area contributed by atoms with Crippen LogP contribution in [0.15, 0.2) is 18.3 Å². The Balaban J connectivity index is 2.03. The minimum Gasteiger partial charge on any atom is -0.399 e. The molecule has 1 atom stereocenters. The Morgan fingerprint density at radius 2 is 2.35 bits per heavy atom. The lowest BCUT2D eigenvalue weighted by Crippen LogP contribution is -2.25. The zero-order valence-corrected chi connectivity index (χ0v) is 10.4. The summed E-state index contributed by atoms with van der Waals surface area (Å²) in [5.41, 5.74) is 7.26. The fraction of sp³-hybridized carbons (Fsp3) is 0.538. The number of likely N-dealkylation sites (tertiary alicyclic amines) is 1. The van der Waals surface area contributed by atoms with Gasteiger partial charge >= 0.3 is 0 Å². The molecule has 1 aromatic heterocycles. The van der Waals surface area contributed by atoms with Gasteiger partial charge in [0.15, 0.2) is 0 Å². The molecule has 1 aromatic rings. The number of amides is 1. The molecule has 1 aliphatic rings. The van der Waals surface area contributed by atoms with E-state index in [-0.39, 0.29) is 5.91 Å². The number of nitrogens with zero attached hydrogens (tertiary/aromatic N) is 2. The first-order valence-corrected chi connectivity index (χ1v) is 6.04. The van der Waals surface area contributed by atoms with Gasteiger partial charge in [-0.05, 0) is 24.0 Å². The Kier molecular flexibility index (Phi) is 3.31. The summed E-state index contributed by atoms with van der Waals surface area (Å²) in [6.45, 7) is 5.75. The second-order valence-corrected chi connectivity index (χ2v) is 5.06. The zero-order chi connectivity index (χ0) is 12.4. The first kappa shape index (κ1) is 11.9. The van der Waals surface area contributed by atoms with E-state index in [2.05, 4.69) is 18.8 Å². The van der Waals surface area contributed by atoms with Crippen LogP contribution in [0.3, 0.4) is 0 Å². The van der Waals surface area contributed by atoms with E-state index in [1.54, 1.807) is 12.3 Å². The maximum atomic E-state index is 11.8. The predicted molar refractivity (Wildman–Crippen MR) is 67.0 cm³/mol. The molecule has 0 spiro atoms. The first-order valence-electron chi connectivity index (χ1n) is 6.04. The third-order valence-corrected chi connectivity index (χ3v) is 3.38. The third kappa shape index (κ3) is 2.75. The standard InChI is InChI=1S/C13H19N3O/c1-9(2)10-5-13(17)16(7-10)8-12-6-11(14)3-4-15-12/h3-4,6,9-10H,5,7-8H2,1-2H3,(H2,14,15). The maximum absolute atomic E-state index is 11.8. The van der Waals surface area contributed by atoms with Gasteiger partial charge in [-0.3, -0.25) is 9.78 Å². The summed E-state index contributed by atoms with van der Waals surface area (Å²) in [6, 6.07) is 3.59. The van der Waals surface area contributed by atoms with Gasteiger partial charge in [0.05, 0.1) is 12.2 Å². The average Bonchev–Trinajstić information content (AvgIpc) is 2.61. The van der Waals surface area contributed by atoms with Crippen LogP contribution in [-0.2, 0) is 11.3 Å². The van der Waals surface area contributed by atoms with Gasteiger partial charge in [-0.15, -0.1) is 0 Å². The van der Waals surface area contributed by atoms with Crippen LogP contribution in [0.25, 0.3) is 0 Å². The molecular weight excluding hydrogens is 214 g/mol. The maximum Gasteiger partial charge on any atom is 0.223 e. The van der Waals surface area contributed by atoms with E-state index in [1.165, 1.54) is 0 Å². The number of rotatable bonds is 3. The highest BCUT2D eigenvalue weighted by molar-refractivity contribution is 5.78. The van der Waals surface area contributed by atoms with Crippen LogP contribution in [0.5, 0.6) is 0 Å². The van der Waals surface area contributed by atoms with Crippen molar-refractivity contribution in [1.29, 1.82) is 0 Å². The molecule has 1 unspecified atom stereocenters. The topological polar surface area (TPSA) is 59.2 Å². The smallest absolute Gasteiger partial charge is 0.223 e. The quantitative estimate of drug-likeness (QED) is 0.864. The van der Waals surface area contributed by atoms with Gasteiger partial charge in [0.2, 0.25) is 5.91 Å². The van der Waals surface area contributed by atoms with Gasteiger partial charge in [0.25, 0.3) is 0 Å². The number of carbonyl (C=O) groups excluding carboxylic acids is 1. The molecule has 2 N–H and O–H groups in total. The van der Waals surface area contributed by atoms with Gasteiger partial charge in [-0.1, -0.05) is 13.8 Å². The lowest BCUT2D eigenvalue weighted by molar-refractivity contribution is -0.128. The van der Waals surface area contributed by atoms with Crippen LogP contribution in [0.4, 0.5) is 5.69 Å². The second kappa shape index (κ2) is 4.73. The first-order chi connectivity index (χ1) is 8.06. The van der Waals surface area contributed by atoms with Crippen molar-refractivity contribution in [1.82, 2.24) is 9.88 Å². The SMILES string of the molecule is CC(C)C1CC(=O)N(Cc2cc(N)ccn2)C1. The highest BCUT2D eigenvalue weighted by Gasteiger charge is 2.31. The fourth-order valence-electron chi connectivity index (χ4n) is 2.18. The van der Waals surface area contributed by atoms with Gasteiger partial charge in [0, 0.05) is 24.8 Å². The number of aromatic nitrogens is 1. The van der Waals surface area contributed by atoms with Crippen LogP contribution in [-0.4, -0.2) is 22.3 Å². The summed E-state index contributed by atoms with van der Waals surface area (Å²) in [4.78, 5) is 18.0. The van der Waals surface area contributed by atoms with E-state index in [9.17, 15) is 4.79 Å². The van der Waals surface area contributed by atoms with Crippen LogP contribution < -0.4 is 5.73 Å². The predicted octanol–water partition coefficient (Wildman–Crippen LogP) is 1.67. The van der Waals surface area contributed by atoms with E-state index >= 15 is 0 Å². The summed E-state index contributed by atoms with van der Waals surface area (Å²) in [6.07, 6.45) is 2.35. The van der Waals surface area contributed by atoms with Gasteiger partial charge in [-0.25, -0.2) is 0 Å². The number of pyridine rings is 1. The molecular formula is C13H19N3O. The zero-order valence-electron chi connectivity index (χ0n) is 10.4. The summed E-state index contributed by atoms with van der Waals surface area (Å²) in [5, 5.41) is 0. The minimum atomic E-state index is 0.230. The Bertz CT molecular complexity index is 417. The number of carbonyl (C=O) groups is 1. The molecule has 0 radical (unpaired) electrons. The molecule has 17 heavy (non-hydrogen) atoms. The summed E-state index contributed by atoms with van der Waals surface area (Å²) < 4.78 is 0. The number of anilines is 1. The second-order valence-electron chi connectivity index (χ2n) is 5.06.